The van der Waals surface area contributed by atoms with Gasteiger partial charge in [-0.25, -0.2) is 4.39 Å². The number of halogens is 1. The highest BCUT2D eigenvalue weighted by Gasteiger charge is 2.11. The molecule has 1 atom stereocenters. The number of rotatable bonds is 5. The van der Waals surface area contributed by atoms with Crippen LogP contribution in [0.2, 0.25) is 0 Å². The van der Waals surface area contributed by atoms with Gasteiger partial charge in [-0.2, -0.15) is 0 Å². The average molecular weight is 286 g/mol. The summed E-state index contributed by atoms with van der Waals surface area (Å²) in [5, 5.41) is 3.52. The first-order chi connectivity index (χ1) is 10.0. The van der Waals surface area contributed by atoms with Crippen molar-refractivity contribution in [2.24, 2.45) is 0 Å². The zero-order chi connectivity index (χ0) is 15.4. The minimum Gasteiger partial charge on any atom is -0.378 e. The fourth-order valence-corrected chi connectivity index (χ4v) is 2.42. The number of nitrogens with zero attached hydrogens (tertiary/aromatic N) is 1. The molecule has 2 aromatic rings. The lowest BCUT2D eigenvalue weighted by atomic mass is 10.0. The van der Waals surface area contributed by atoms with E-state index in [2.05, 4.69) is 42.3 Å². The molecule has 1 unspecified atom stereocenters. The number of hydrogen-bond acceptors (Lipinski definition) is 2. The van der Waals surface area contributed by atoms with E-state index in [9.17, 15) is 4.39 Å². The van der Waals surface area contributed by atoms with Gasteiger partial charge in [0, 0.05) is 25.5 Å². The SMILES string of the molecule is CCC(Nc1ccc(N(C)C)cc1C)c1cccc(F)c1. The van der Waals surface area contributed by atoms with Crippen molar-refractivity contribution in [3.05, 3.63) is 59.4 Å². The second-order valence-corrected chi connectivity index (χ2v) is 5.55. The molecule has 1 N–H and O–H groups in total. The van der Waals surface area contributed by atoms with Crippen molar-refractivity contribution >= 4 is 11.4 Å². The molecule has 2 nitrogen and oxygen atoms in total. The molecule has 0 aliphatic carbocycles. The van der Waals surface area contributed by atoms with E-state index >= 15 is 0 Å². The third-order valence-electron chi connectivity index (χ3n) is 3.72. The number of benzene rings is 2. The summed E-state index contributed by atoms with van der Waals surface area (Å²) in [4.78, 5) is 2.08. The second-order valence-electron chi connectivity index (χ2n) is 5.55. The van der Waals surface area contributed by atoms with Gasteiger partial charge in [0.25, 0.3) is 0 Å². The lowest BCUT2D eigenvalue weighted by molar-refractivity contribution is 0.621. The minimum absolute atomic E-state index is 0.115. The van der Waals surface area contributed by atoms with Gasteiger partial charge >= 0.3 is 0 Å². The average Bonchev–Trinajstić information content (AvgIpc) is 2.45. The van der Waals surface area contributed by atoms with Crippen LogP contribution in [0.5, 0.6) is 0 Å². The maximum atomic E-state index is 13.4. The fourth-order valence-electron chi connectivity index (χ4n) is 2.42. The van der Waals surface area contributed by atoms with E-state index in [1.54, 1.807) is 12.1 Å². The van der Waals surface area contributed by atoms with E-state index < -0.39 is 0 Å². The summed E-state index contributed by atoms with van der Waals surface area (Å²) in [5.41, 5.74) is 4.44. The predicted octanol–water partition coefficient (Wildman–Crippen LogP) is 4.76. The first kappa shape index (κ1) is 15.4. The lowest BCUT2D eigenvalue weighted by Gasteiger charge is -2.22. The number of hydrogen-bond donors (Lipinski definition) is 1. The van der Waals surface area contributed by atoms with Gasteiger partial charge in [-0.05, 0) is 54.8 Å². The van der Waals surface area contributed by atoms with Crippen molar-refractivity contribution in [3.8, 4) is 0 Å². The van der Waals surface area contributed by atoms with E-state index in [1.807, 2.05) is 20.2 Å². The number of aryl methyl sites for hydroxylation is 1. The summed E-state index contributed by atoms with van der Waals surface area (Å²) in [6.45, 7) is 4.19. The lowest BCUT2D eigenvalue weighted by Crippen LogP contribution is -2.12. The van der Waals surface area contributed by atoms with Gasteiger partial charge in [0.2, 0.25) is 0 Å². The Balaban J connectivity index is 2.23. The van der Waals surface area contributed by atoms with Crippen molar-refractivity contribution in [2.75, 3.05) is 24.3 Å². The second kappa shape index (κ2) is 6.61. The molecule has 0 aliphatic rings. The Morgan fingerprint density at radius 2 is 1.90 bits per heavy atom. The smallest absolute Gasteiger partial charge is 0.123 e. The number of nitrogens with one attached hydrogen (secondary N) is 1. The van der Waals surface area contributed by atoms with Crippen LogP contribution in [-0.2, 0) is 0 Å². The van der Waals surface area contributed by atoms with Gasteiger partial charge in [-0.1, -0.05) is 19.1 Å². The van der Waals surface area contributed by atoms with Gasteiger partial charge in [0.15, 0.2) is 0 Å². The Bertz CT molecular complexity index is 608. The van der Waals surface area contributed by atoms with Crippen LogP contribution in [0.3, 0.4) is 0 Å². The van der Waals surface area contributed by atoms with E-state index in [0.717, 1.165) is 17.7 Å². The summed E-state index contributed by atoms with van der Waals surface area (Å²) >= 11 is 0. The number of anilines is 2. The Hall–Kier alpha value is -2.03. The molecule has 0 aromatic heterocycles. The summed E-state index contributed by atoms with van der Waals surface area (Å²) in [6.07, 6.45) is 0.901. The monoisotopic (exact) mass is 286 g/mol. The molecule has 0 heterocycles. The molecule has 3 heteroatoms. The van der Waals surface area contributed by atoms with Crippen LogP contribution in [0, 0.1) is 12.7 Å². The summed E-state index contributed by atoms with van der Waals surface area (Å²) < 4.78 is 13.4. The molecule has 0 saturated heterocycles. The Kier molecular flexibility index (Phi) is 4.84. The summed E-state index contributed by atoms with van der Waals surface area (Å²) in [5.74, 6) is -0.188. The molecule has 2 aromatic carbocycles. The van der Waals surface area contributed by atoms with Crippen molar-refractivity contribution in [2.45, 2.75) is 26.3 Å². The van der Waals surface area contributed by atoms with Gasteiger partial charge in [-0.3, -0.25) is 0 Å². The van der Waals surface area contributed by atoms with E-state index in [-0.39, 0.29) is 11.9 Å². The standard InChI is InChI=1S/C18H23FN2/c1-5-17(14-7-6-8-15(19)12-14)20-18-10-9-16(21(3)4)11-13(18)2/h6-12,17,20H,5H2,1-4H3. The van der Waals surface area contributed by atoms with Crippen molar-refractivity contribution in [1.82, 2.24) is 0 Å². The van der Waals surface area contributed by atoms with Crippen LogP contribution in [0.4, 0.5) is 15.8 Å². The maximum absolute atomic E-state index is 13.4. The Morgan fingerprint density at radius 1 is 1.14 bits per heavy atom. The highest BCUT2D eigenvalue weighted by molar-refractivity contribution is 5.60. The summed E-state index contributed by atoms with van der Waals surface area (Å²) in [6, 6.07) is 13.3. The molecule has 0 radical (unpaired) electrons. The molecular formula is C18H23FN2. The van der Waals surface area contributed by atoms with Gasteiger partial charge < -0.3 is 10.2 Å². The molecule has 0 saturated carbocycles. The first-order valence-corrected chi connectivity index (χ1v) is 7.31. The fraction of sp³-hybridized carbons (Fsp3) is 0.333. The zero-order valence-corrected chi connectivity index (χ0v) is 13.2. The van der Waals surface area contributed by atoms with Crippen molar-refractivity contribution < 1.29 is 4.39 Å². The topological polar surface area (TPSA) is 15.3 Å². The zero-order valence-electron chi connectivity index (χ0n) is 13.2. The van der Waals surface area contributed by atoms with Crippen LogP contribution in [-0.4, -0.2) is 14.1 Å². The van der Waals surface area contributed by atoms with E-state index in [4.69, 9.17) is 0 Å². The molecule has 0 amide bonds. The predicted molar refractivity (Wildman–Crippen MR) is 88.6 cm³/mol. The molecule has 0 spiro atoms. The summed E-state index contributed by atoms with van der Waals surface area (Å²) in [7, 11) is 4.06. The van der Waals surface area contributed by atoms with Crippen LogP contribution >= 0.6 is 0 Å². The molecule has 0 bridgehead atoms. The minimum atomic E-state index is -0.188. The molecule has 0 fully saturated rings. The molecule has 0 aliphatic heterocycles. The van der Waals surface area contributed by atoms with E-state index in [0.29, 0.717) is 0 Å². The molecule has 112 valence electrons. The van der Waals surface area contributed by atoms with Crippen LogP contribution in [0.1, 0.15) is 30.5 Å². The molecule has 21 heavy (non-hydrogen) atoms. The molecular weight excluding hydrogens is 263 g/mol. The van der Waals surface area contributed by atoms with E-state index in [1.165, 1.54) is 17.3 Å². The third kappa shape index (κ3) is 3.75. The van der Waals surface area contributed by atoms with Gasteiger partial charge in [-0.15, -0.1) is 0 Å². The van der Waals surface area contributed by atoms with Crippen LogP contribution < -0.4 is 10.2 Å². The van der Waals surface area contributed by atoms with Crippen molar-refractivity contribution in [3.63, 3.8) is 0 Å². The maximum Gasteiger partial charge on any atom is 0.123 e. The first-order valence-electron chi connectivity index (χ1n) is 7.31. The van der Waals surface area contributed by atoms with Gasteiger partial charge in [0.1, 0.15) is 5.82 Å². The molecule has 2 rings (SSSR count). The Labute approximate surface area is 126 Å². The van der Waals surface area contributed by atoms with Crippen molar-refractivity contribution in [1.29, 1.82) is 0 Å². The quantitative estimate of drug-likeness (QED) is 0.852. The van der Waals surface area contributed by atoms with Gasteiger partial charge in [0.05, 0.1) is 6.04 Å². The highest BCUT2D eigenvalue weighted by atomic mass is 19.1. The third-order valence-corrected chi connectivity index (χ3v) is 3.72. The largest absolute Gasteiger partial charge is 0.378 e. The normalized spacial score (nSPS) is 12.0. The van der Waals surface area contributed by atoms with Crippen LogP contribution in [0.15, 0.2) is 42.5 Å². The highest BCUT2D eigenvalue weighted by Crippen LogP contribution is 2.27. The van der Waals surface area contributed by atoms with Crippen LogP contribution in [0.25, 0.3) is 0 Å². The Morgan fingerprint density at radius 3 is 2.48 bits per heavy atom.